The lowest BCUT2D eigenvalue weighted by Crippen LogP contribution is -2.31. The van der Waals surface area contributed by atoms with Crippen LogP contribution in [-0.2, 0) is 7.05 Å². The van der Waals surface area contributed by atoms with Gasteiger partial charge in [-0.25, -0.2) is 4.68 Å². The first-order valence-electron chi connectivity index (χ1n) is 8.40. The van der Waals surface area contributed by atoms with Gasteiger partial charge in [0.1, 0.15) is 10.0 Å². The van der Waals surface area contributed by atoms with E-state index in [-0.39, 0.29) is 0 Å². The summed E-state index contributed by atoms with van der Waals surface area (Å²) in [5, 5.41) is 12.7. The number of hydrogen-bond donors (Lipinski definition) is 2. The molecule has 0 radical (unpaired) electrons. The van der Waals surface area contributed by atoms with Gasteiger partial charge in [-0.2, -0.15) is 0 Å². The standard InChI is InChI=1S/C16H23BrClN5S/c1-23-14(15(17)21-22-23)12-8-13(24-16(12)18)20-11(9-19)7-10-5-3-2-4-6-10/h8,10-11,20H,2-7,9,19H2,1H3/t11-/m0/s1. The molecule has 0 aliphatic heterocycles. The van der Waals surface area contributed by atoms with Crippen LogP contribution in [0.5, 0.6) is 0 Å². The molecule has 0 unspecified atom stereocenters. The zero-order valence-corrected chi connectivity index (χ0v) is 16.9. The molecule has 0 amide bonds. The van der Waals surface area contributed by atoms with E-state index >= 15 is 0 Å². The van der Waals surface area contributed by atoms with Crippen LogP contribution < -0.4 is 11.1 Å². The molecule has 2 heterocycles. The minimum atomic E-state index is 0.295. The quantitative estimate of drug-likeness (QED) is 0.696. The third-order valence-electron chi connectivity index (χ3n) is 4.70. The molecule has 132 valence electrons. The number of thiophene rings is 1. The number of anilines is 1. The Morgan fingerprint density at radius 2 is 2.21 bits per heavy atom. The van der Waals surface area contributed by atoms with Crippen LogP contribution in [0, 0.1) is 5.92 Å². The third kappa shape index (κ3) is 4.12. The summed E-state index contributed by atoms with van der Waals surface area (Å²) in [6, 6.07) is 2.36. The Labute approximate surface area is 160 Å². The molecule has 1 saturated carbocycles. The van der Waals surface area contributed by atoms with Crippen molar-refractivity contribution in [3.05, 3.63) is 15.0 Å². The van der Waals surface area contributed by atoms with Gasteiger partial charge in [0.25, 0.3) is 0 Å². The van der Waals surface area contributed by atoms with Gasteiger partial charge in [-0.3, -0.25) is 0 Å². The molecule has 3 rings (SSSR count). The summed E-state index contributed by atoms with van der Waals surface area (Å²) < 4.78 is 3.16. The van der Waals surface area contributed by atoms with Crippen LogP contribution in [0.2, 0.25) is 4.34 Å². The predicted molar refractivity (Wildman–Crippen MR) is 105 cm³/mol. The van der Waals surface area contributed by atoms with Gasteiger partial charge in [-0.15, -0.1) is 16.4 Å². The number of nitrogens with two attached hydrogens (primary N) is 1. The van der Waals surface area contributed by atoms with Gasteiger partial charge in [0.05, 0.1) is 5.00 Å². The summed E-state index contributed by atoms with van der Waals surface area (Å²) in [4.78, 5) is 0. The number of hydrogen-bond acceptors (Lipinski definition) is 5. The van der Waals surface area contributed by atoms with Gasteiger partial charge in [-0.05, 0) is 34.3 Å². The first kappa shape index (κ1) is 18.2. The summed E-state index contributed by atoms with van der Waals surface area (Å²) in [6.45, 7) is 0.637. The molecule has 2 aromatic heterocycles. The number of halogens is 2. The molecular weight excluding hydrogens is 410 g/mol. The molecular formula is C16H23BrClN5S. The lowest BCUT2D eigenvalue weighted by Gasteiger charge is -2.26. The van der Waals surface area contributed by atoms with E-state index in [9.17, 15) is 0 Å². The lowest BCUT2D eigenvalue weighted by atomic mass is 9.85. The molecule has 1 aliphatic carbocycles. The van der Waals surface area contributed by atoms with E-state index in [1.165, 1.54) is 32.1 Å². The Morgan fingerprint density at radius 1 is 1.46 bits per heavy atom. The maximum absolute atomic E-state index is 6.46. The highest BCUT2D eigenvalue weighted by Crippen LogP contribution is 2.41. The number of rotatable bonds is 6. The Bertz CT molecular complexity index is 661. The van der Waals surface area contributed by atoms with Gasteiger partial charge in [0.15, 0.2) is 4.60 Å². The Hall–Kier alpha value is -0.630. The molecule has 0 spiro atoms. The van der Waals surface area contributed by atoms with Crippen molar-refractivity contribution in [2.75, 3.05) is 11.9 Å². The van der Waals surface area contributed by atoms with Crippen molar-refractivity contribution < 1.29 is 0 Å². The van der Waals surface area contributed by atoms with Crippen LogP contribution in [0.1, 0.15) is 38.5 Å². The second-order valence-corrected chi connectivity index (χ2v) is 8.87. The van der Waals surface area contributed by atoms with Gasteiger partial charge in [0, 0.05) is 25.2 Å². The van der Waals surface area contributed by atoms with Crippen molar-refractivity contribution in [3.8, 4) is 11.3 Å². The molecule has 2 aromatic rings. The summed E-state index contributed by atoms with van der Waals surface area (Å²) in [7, 11) is 1.86. The van der Waals surface area contributed by atoms with Crippen molar-refractivity contribution in [1.82, 2.24) is 15.0 Å². The van der Waals surface area contributed by atoms with Crippen molar-refractivity contribution in [3.63, 3.8) is 0 Å². The van der Waals surface area contributed by atoms with Crippen molar-refractivity contribution >= 4 is 43.9 Å². The minimum Gasteiger partial charge on any atom is -0.373 e. The molecule has 0 bridgehead atoms. The third-order valence-corrected chi connectivity index (χ3v) is 6.53. The van der Waals surface area contributed by atoms with E-state index in [0.717, 1.165) is 32.9 Å². The maximum atomic E-state index is 6.46. The zero-order valence-electron chi connectivity index (χ0n) is 13.8. The Kier molecular flexibility index (Phi) is 6.18. The van der Waals surface area contributed by atoms with E-state index in [1.807, 2.05) is 7.05 Å². The number of nitrogens with zero attached hydrogens (tertiary/aromatic N) is 3. The normalized spacial score (nSPS) is 17.2. The van der Waals surface area contributed by atoms with E-state index < -0.39 is 0 Å². The average molecular weight is 433 g/mol. The Balaban J connectivity index is 1.71. The number of nitrogens with one attached hydrogen (secondary N) is 1. The number of aromatic nitrogens is 3. The molecule has 8 heteroatoms. The fourth-order valence-electron chi connectivity index (χ4n) is 3.46. The predicted octanol–water partition coefficient (Wildman–Crippen LogP) is 4.67. The van der Waals surface area contributed by atoms with Crippen LogP contribution in [0.25, 0.3) is 11.3 Å². The topological polar surface area (TPSA) is 68.8 Å². The van der Waals surface area contributed by atoms with Crippen LogP contribution in [-0.4, -0.2) is 27.6 Å². The lowest BCUT2D eigenvalue weighted by molar-refractivity contribution is 0.325. The van der Waals surface area contributed by atoms with Gasteiger partial charge < -0.3 is 11.1 Å². The fraction of sp³-hybridized carbons (Fsp3) is 0.625. The van der Waals surface area contributed by atoms with E-state index in [2.05, 4.69) is 37.6 Å². The molecule has 0 saturated heterocycles. The van der Waals surface area contributed by atoms with E-state index in [0.29, 0.717) is 17.2 Å². The smallest absolute Gasteiger partial charge is 0.156 e. The first-order valence-corrected chi connectivity index (χ1v) is 10.4. The second-order valence-electron chi connectivity index (χ2n) is 6.47. The second kappa shape index (κ2) is 8.17. The SMILES string of the molecule is Cn1nnc(Br)c1-c1cc(N[C@H](CN)CC2CCCCC2)sc1Cl. The van der Waals surface area contributed by atoms with Gasteiger partial charge in [-0.1, -0.05) is 48.9 Å². The molecule has 1 aliphatic rings. The van der Waals surface area contributed by atoms with Crippen molar-refractivity contribution in [2.24, 2.45) is 18.7 Å². The molecule has 1 atom stereocenters. The van der Waals surface area contributed by atoms with Crippen LogP contribution >= 0.6 is 38.9 Å². The van der Waals surface area contributed by atoms with Crippen LogP contribution in [0.15, 0.2) is 10.7 Å². The zero-order chi connectivity index (χ0) is 17.1. The van der Waals surface area contributed by atoms with Crippen molar-refractivity contribution in [2.45, 2.75) is 44.6 Å². The monoisotopic (exact) mass is 431 g/mol. The van der Waals surface area contributed by atoms with Gasteiger partial charge >= 0.3 is 0 Å². The van der Waals surface area contributed by atoms with Crippen LogP contribution in [0.4, 0.5) is 5.00 Å². The summed E-state index contributed by atoms with van der Waals surface area (Å²) >= 11 is 11.4. The summed E-state index contributed by atoms with van der Waals surface area (Å²) in [5.74, 6) is 0.796. The molecule has 1 fully saturated rings. The molecule has 5 nitrogen and oxygen atoms in total. The number of aryl methyl sites for hydroxylation is 1. The fourth-order valence-corrected chi connectivity index (χ4v) is 5.25. The highest BCUT2D eigenvalue weighted by atomic mass is 79.9. The van der Waals surface area contributed by atoms with Crippen molar-refractivity contribution in [1.29, 1.82) is 0 Å². The first-order chi connectivity index (χ1) is 11.6. The summed E-state index contributed by atoms with van der Waals surface area (Å²) in [6.07, 6.45) is 7.91. The largest absolute Gasteiger partial charge is 0.373 e. The maximum Gasteiger partial charge on any atom is 0.156 e. The highest BCUT2D eigenvalue weighted by Gasteiger charge is 2.21. The highest BCUT2D eigenvalue weighted by molar-refractivity contribution is 9.10. The molecule has 0 aromatic carbocycles. The minimum absolute atomic E-state index is 0.295. The van der Waals surface area contributed by atoms with Crippen LogP contribution in [0.3, 0.4) is 0 Å². The average Bonchev–Trinajstić information content (AvgIpc) is 3.09. The van der Waals surface area contributed by atoms with Gasteiger partial charge in [0.2, 0.25) is 0 Å². The van der Waals surface area contributed by atoms with E-state index in [1.54, 1.807) is 16.0 Å². The summed E-state index contributed by atoms with van der Waals surface area (Å²) in [5.41, 5.74) is 7.83. The Morgan fingerprint density at radius 3 is 2.83 bits per heavy atom. The molecule has 24 heavy (non-hydrogen) atoms. The molecule has 3 N–H and O–H groups in total. The van der Waals surface area contributed by atoms with E-state index in [4.69, 9.17) is 17.3 Å².